The van der Waals surface area contributed by atoms with Crippen LogP contribution in [0, 0.1) is 0 Å². The van der Waals surface area contributed by atoms with Gasteiger partial charge in [-0.1, -0.05) is 73.8 Å². The smallest absolute Gasteiger partial charge is 0.145 e. The summed E-state index contributed by atoms with van der Waals surface area (Å²) in [5.41, 5.74) is 23.7. The third-order valence-corrected chi connectivity index (χ3v) is 12.1. The number of hydrogen-bond acceptors (Lipinski definition) is 15. The van der Waals surface area contributed by atoms with E-state index in [4.69, 9.17) is 22.3 Å². The van der Waals surface area contributed by atoms with Crippen LogP contribution < -0.4 is 21.3 Å². The Morgan fingerprint density at radius 1 is 0.649 bits per heavy atom. The van der Waals surface area contributed by atoms with Gasteiger partial charge in [-0.3, -0.25) is 24.9 Å². The summed E-state index contributed by atoms with van der Waals surface area (Å²) < 4.78 is 17.1. The van der Waals surface area contributed by atoms with Crippen LogP contribution in [-0.2, 0) is 20.7 Å². The van der Waals surface area contributed by atoms with Crippen LogP contribution in [0.2, 0.25) is 0 Å². The minimum absolute atomic E-state index is 0. The first kappa shape index (κ1) is 52.4. The van der Waals surface area contributed by atoms with E-state index in [0.29, 0.717) is 43.3 Å². The summed E-state index contributed by atoms with van der Waals surface area (Å²) in [6, 6.07) is 29.6. The Labute approximate surface area is 445 Å². The number of ketones is 1. The number of nitrogens with zero attached hydrogens (tertiary/aromatic N) is 10. The van der Waals surface area contributed by atoms with Crippen molar-refractivity contribution in [1.82, 2.24) is 50.1 Å². The van der Waals surface area contributed by atoms with Crippen molar-refractivity contribution in [3.63, 3.8) is 0 Å². The summed E-state index contributed by atoms with van der Waals surface area (Å²) >= 11 is 1.96. The fourth-order valence-corrected chi connectivity index (χ4v) is 8.52. The number of anilines is 4. The lowest BCUT2D eigenvalue weighted by molar-refractivity contribution is -0.117. The predicted octanol–water partition coefficient (Wildman–Crippen LogP) is 9.21. The van der Waals surface area contributed by atoms with Gasteiger partial charge in [0.1, 0.15) is 47.2 Å². The number of nitrogen functional groups attached to an aromatic ring is 2. The number of rotatable bonds is 10. The molecule has 2 fully saturated rings. The van der Waals surface area contributed by atoms with Crippen LogP contribution in [0.15, 0.2) is 145 Å². The van der Waals surface area contributed by atoms with Crippen molar-refractivity contribution in [2.75, 3.05) is 85.3 Å². The number of nitrogens with one attached hydrogen (secondary N) is 3. The molecular formula is C55H62IN15O3. The van der Waals surface area contributed by atoms with Crippen LogP contribution in [0.4, 0.5) is 23.1 Å². The van der Waals surface area contributed by atoms with E-state index in [9.17, 15) is 4.79 Å². The Morgan fingerprint density at radius 3 is 1.64 bits per heavy atom. The SMILES string of the molecule is C.C.Nc1cc(-c2ccncc2)[nH]n1.Nc1ccc(-c2cc3c(N4CCOCC4)ncnc3[nH]2)cc1.O=C(CC1=CC(c2ccncc2)=NC1)Cc1ccc(-c2cc3c(N4CCOCC4)ncnc3[nH]2)cc1.[2H]CI. The zero-order chi connectivity index (χ0) is 50.4. The number of morpholine rings is 2. The Balaban J connectivity index is 0.000000178. The normalized spacial score (nSPS) is 14.1. The molecule has 74 heavy (non-hydrogen) atoms. The molecule has 2 aromatic carbocycles. The molecule has 10 heterocycles. The molecule has 3 aliphatic heterocycles. The number of nitrogens with two attached hydrogens (primary N) is 2. The Morgan fingerprint density at radius 2 is 1.14 bits per heavy atom. The number of aliphatic imine (C=N–C) groups is 1. The van der Waals surface area contributed by atoms with Gasteiger partial charge in [0, 0.05) is 99.4 Å². The highest BCUT2D eigenvalue weighted by Gasteiger charge is 2.20. The molecule has 0 saturated carbocycles. The van der Waals surface area contributed by atoms with Crippen molar-refractivity contribution < 1.29 is 15.6 Å². The van der Waals surface area contributed by atoms with Gasteiger partial charge in [0.15, 0.2) is 0 Å². The predicted molar refractivity (Wildman–Crippen MR) is 306 cm³/mol. The van der Waals surface area contributed by atoms with Gasteiger partial charge in [-0.05, 0) is 81.8 Å². The fraction of sp³-hybridized carbons (Fsp3) is 0.255. The number of fused-ring (bicyclic) bond motifs is 2. The lowest BCUT2D eigenvalue weighted by atomic mass is 10.0. The van der Waals surface area contributed by atoms with E-state index in [0.717, 1.165) is 135 Å². The Bertz CT molecular complexity index is 3280. The second-order valence-corrected chi connectivity index (χ2v) is 16.9. The molecule has 9 aromatic rings. The molecule has 0 amide bonds. The number of alkyl halides is 1. The quantitative estimate of drug-likeness (QED) is 0.0487. The van der Waals surface area contributed by atoms with Crippen molar-refractivity contribution in [1.29, 1.82) is 0 Å². The second-order valence-electron chi connectivity index (χ2n) is 16.9. The third-order valence-electron chi connectivity index (χ3n) is 12.1. The molecule has 0 spiro atoms. The molecule has 2 saturated heterocycles. The zero-order valence-corrected chi connectivity index (χ0v) is 41.6. The number of H-pyrrole nitrogens is 3. The van der Waals surface area contributed by atoms with Gasteiger partial charge >= 0.3 is 0 Å². The fourth-order valence-electron chi connectivity index (χ4n) is 8.52. The van der Waals surface area contributed by atoms with E-state index in [1.54, 1.807) is 43.5 Å². The number of Topliss-reactive ketones (excluding diaryl/α,β-unsaturated/α-hetero) is 1. The maximum atomic E-state index is 12.7. The highest BCUT2D eigenvalue weighted by Crippen LogP contribution is 2.31. The number of carbonyl (C=O) groups is 1. The number of aromatic amines is 3. The topological polar surface area (TPSA) is 244 Å². The minimum Gasteiger partial charge on any atom is -0.399 e. The molecule has 0 aliphatic carbocycles. The van der Waals surface area contributed by atoms with Gasteiger partial charge in [0.2, 0.25) is 0 Å². The number of aromatic nitrogens is 10. The van der Waals surface area contributed by atoms with Gasteiger partial charge in [-0.25, -0.2) is 19.9 Å². The van der Waals surface area contributed by atoms with E-state index in [1.807, 2.05) is 89.3 Å². The number of halogens is 1. The molecule has 12 rings (SSSR count). The average molecular weight is 1110 g/mol. The minimum atomic E-state index is 0. The van der Waals surface area contributed by atoms with Crippen LogP contribution in [0.25, 0.3) is 55.8 Å². The molecule has 0 bridgehead atoms. The summed E-state index contributed by atoms with van der Waals surface area (Å²) in [6.07, 6.45) is 13.0. The van der Waals surface area contributed by atoms with Crippen molar-refractivity contribution in [3.05, 3.63) is 151 Å². The standard InChI is InChI=1S/C28H26N6O2.C16H17N5O.C8H8N4.CH3I.2CH4/c35-23(14-20-15-25(30-17-20)22-5-7-29-8-6-22)13-19-1-3-21(4-2-19)26-16-24-27(33-26)31-18-32-28(24)34-9-11-36-12-10-34;17-12-3-1-11(2-4-12)14-9-13-15(20-14)18-10-19-16(13)21-5-7-22-8-6-21;9-8-5-7(11-12-8)6-1-3-10-4-2-6;1-2;;/h1-8,15-16,18H,9-14,17H2,(H,31,32,33);1-4,9-10H,5-8,17H2,(H,18,19,20);1-5H,(H3,9,11,12);1H3;2*1H4/i;;;1D;;. The summed E-state index contributed by atoms with van der Waals surface area (Å²) in [5.74, 6) is 2.59. The zero-order valence-electron chi connectivity index (χ0n) is 40.4. The van der Waals surface area contributed by atoms with E-state index in [1.165, 1.54) is 0 Å². The highest BCUT2D eigenvalue weighted by molar-refractivity contribution is 14.1. The molecule has 3 aliphatic rings. The second kappa shape index (κ2) is 26.2. The summed E-state index contributed by atoms with van der Waals surface area (Å²) in [6.45, 7) is 6.83. The molecule has 0 radical (unpaired) electrons. The van der Waals surface area contributed by atoms with E-state index in [2.05, 4.69) is 89.1 Å². The number of pyridine rings is 2. The van der Waals surface area contributed by atoms with Crippen molar-refractivity contribution >= 4 is 79.3 Å². The first-order chi connectivity index (χ1) is 35.8. The molecule has 19 heteroatoms. The molecule has 18 nitrogen and oxygen atoms in total. The molecule has 0 unspecified atom stereocenters. The molecule has 382 valence electrons. The van der Waals surface area contributed by atoms with Gasteiger partial charge < -0.3 is 40.7 Å². The van der Waals surface area contributed by atoms with Gasteiger partial charge in [-0.15, -0.1) is 0 Å². The van der Waals surface area contributed by atoms with Crippen molar-refractivity contribution in [2.24, 2.45) is 4.99 Å². The number of benzene rings is 2. The van der Waals surface area contributed by atoms with Crippen LogP contribution in [-0.4, -0.2) is 126 Å². The summed E-state index contributed by atoms with van der Waals surface area (Å²) in [5, 5.41) is 8.69. The highest BCUT2D eigenvalue weighted by atomic mass is 127. The van der Waals surface area contributed by atoms with Gasteiger partial charge in [0.25, 0.3) is 0 Å². The number of carbonyl (C=O) groups excluding carboxylic acids is 1. The van der Waals surface area contributed by atoms with Crippen molar-refractivity contribution in [2.45, 2.75) is 27.7 Å². The molecule has 7 aromatic heterocycles. The average Bonchev–Trinajstić information content (AvgIpc) is 4.28. The lowest BCUT2D eigenvalue weighted by Crippen LogP contribution is -2.36. The monoisotopic (exact) mass is 1110 g/mol. The lowest BCUT2D eigenvalue weighted by Gasteiger charge is -2.27. The molecule has 0 atom stereocenters. The van der Waals surface area contributed by atoms with E-state index >= 15 is 0 Å². The van der Waals surface area contributed by atoms with Crippen LogP contribution in [0.1, 0.15) is 33.8 Å². The Hall–Kier alpha value is -7.88. The first-order valence-corrected chi connectivity index (χ1v) is 24.8. The number of allylic oxidation sites excluding steroid dienone is 1. The summed E-state index contributed by atoms with van der Waals surface area (Å²) in [7, 11) is 0. The van der Waals surface area contributed by atoms with E-state index in [-0.39, 0.29) is 20.6 Å². The van der Waals surface area contributed by atoms with Crippen LogP contribution in [0.5, 0.6) is 0 Å². The largest absolute Gasteiger partial charge is 0.399 e. The maximum Gasteiger partial charge on any atom is 0.145 e. The maximum absolute atomic E-state index is 12.7. The van der Waals surface area contributed by atoms with Crippen LogP contribution >= 0.6 is 22.6 Å². The molecular weight excluding hydrogens is 1050 g/mol. The Kier molecular flexibility index (Phi) is 18.6. The van der Waals surface area contributed by atoms with Gasteiger partial charge in [-0.2, -0.15) is 5.10 Å². The van der Waals surface area contributed by atoms with Crippen molar-refractivity contribution in [3.8, 4) is 33.8 Å². The molecule has 7 N–H and O–H groups in total. The third kappa shape index (κ3) is 13.4. The number of ether oxygens (including phenoxy) is 2. The van der Waals surface area contributed by atoms with E-state index < -0.39 is 0 Å². The summed E-state index contributed by atoms with van der Waals surface area (Å²) in [4.78, 5) is 54.8. The first-order valence-electron chi connectivity index (χ1n) is 24.0. The van der Waals surface area contributed by atoms with Gasteiger partial charge in [0.05, 0.1) is 55.2 Å². The number of hydrogen-bond donors (Lipinski definition) is 5. The van der Waals surface area contributed by atoms with Crippen LogP contribution in [0.3, 0.4) is 0 Å².